The van der Waals surface area contributed by atoms with Crippen LogP contribution in [0.25, 0.3) is 41.7 Å². The SMILES string of the molecule is c1cc2c(ccc3cc4c(ccc5sc(CCc6ccc7c(c6)OCC7)cc54)cc32)s1. The van der Waals surface area contributed by atoms with Crippen molar-refractivity contribution in [2.75, 3.05) is 6.61 Å². The maximum Gasteiger partial charge on any atom is 0.122 e. The largest absolute Gasteiger partial charge is 0.493 e. The fraction of sp³-hybridized carbons (Fsp3) is 0.143. The molecule has 0 saturated carbocycles. The molecule has 1 aliphatic heterocycles. The van der Waals surface area contributed by atoms with Crippen molar-refractivity contribution in [3.8, 4) is 5.75 Å². The Balaban J connectivity index is 1.28. The lowest BCUT2D eigenvalue weighted by Gasteiger charge is -2.05. The van der Waals surface area contributed by atoms with Crippen molar-refractivity contribution in [3.05, 3.63) is 88.1 Å². The highest BCUT2D eigenvalue weighted by molar-refractivity contribution is 7.19. The van der Waals surface area contributed by atoms with Crippen molar-refractivity contribution in [1.29, 1.82) is 0 Å². The molecule has 3 heterocycles. The third kappa shape index (κ3) is 2.88. The monoisotopic (exact) mass is 436 g/mol. The molecule has 0 atom stereocenters. The summed E-state index contributed by atoms with van der Waals surface area (Å²) in [7, 11) is 0. The summed E-state index contributed by atoms with van der Waals surface area (Å²) in [4.78, 5) is 1.46. The zero-order valence-corrected chi connectivity index (χ0v) is 18.6. The smallest absolute Gasteiger partial charge is 0.122 e. The molecule has 6 aromatic rings. The molecule has 150 valence electrons. The van der Waals surface area contributed by atoms with Crippen LogP contribution in [-0.2, 0) is 19.3 Å². The second-order valence-electron chi connectivity index (χ2n) is 8.42. The number of thiophene rings is 2. The minimum Gasteiger partial charge on any atom is -0.493 e. The second-order valence-corrected chi connectivity index (χ2v) is 10.5. The van der Waals surface area contributed by atoms with E-state index < -0.39 is 0 Å². The van der Waals surface area contributed by atoms with Crippen molar-refractivity contribution in [2.45, 2.75) is 19.3 Å². The Hall–Kier alpha value is -2.88. The lowest BCUT2D eigenvalue weighted by Crippen LogP contribution is -1.90. The van der Waals surface area contributed by atoms with Gasteiger partial charge < -0.3 is 4.74 Å². The van der Waals surface area contributed by atoms with Gasteiger partial charge in [0.05, 0.1) is 6.61 Å². The maximum atomic E-state index is 5.75. The van der Waals surface area contributed by atoms with Gasteiger partial charge in [-0.3, -0.25) is 0 Å². The molecule has 0 saturated heterocycles. The van der Waals surface area contributed by atoms with E-state index in [4.69, 9.17) is 4.74 Å². The Kier molecular flexibility index (Phi) is 3.90. The van der Waals surface area contributed by atoms with Crippen molar-refractivity contribution in [3.63, 3.8) is 0 Å². The molecule has 2 aromatic heterocycles. The van der Waals surface area contributed by atoms with Crippen LogP contribution in [0.1, 0.15) is 16.0 Å². The third-order valence-electron chi connectivity index (χ3n) is 6.56. The average Bonchev–Trinajstić information content (AvgIpc) is 3.54. The van der Waals surface area contributed by atoms with Gasteiger partial charge in [-0.05, 0) is 93.4 Å². The van der Waals surface area contributed by atoms with Crippen LogP contribution in [0, 0.1) is 0 Å². The highest BCUT2D eigenvalue weighted by Crippen LogP contribution is 2.37. The van der Waals surface area contributed by atoms with E-state index in [2.05, 4.69) is 72.1 Å². The number of benzene rings is 4. The molecular weight excluding hydrogens is 416 g/mol. The predicted molar refractivity (Wildman–Crippen MR) is 135 cm³/mol. The van der Waals surface area contributed by atoms with Gasteiger partial charge in [-0.25, -0.2) is 0 Å². The van der Waals surface area contributed by atoms with Crippen LogP contribution < -0.4 is 4.74 Å². The van der Waals surface area contributed by atoms with E-state index >= 15 is 0 Å². The maximum absolute atomic E-state index is 5.75. The highest BCUT2D eigenvalue weighted by Gasteiger charge is 2.13. The summed E-state index contributed by atoms with van der Waals surface area (Å²) in [5, 5.41) is 10.3. The van der Waals surface area contributed by atoms with Crippen LogP contribution in [0.2, 0.25) is 0 Å². The normalized spacial score (nSPS) is 13.4. The number of hydrogen-bond donors (Lipinski definition) is 0. The van der Waals surface area contributed by atoms with E-state index in [-0.39, 0.29) is 0 Å². The predicted octanol–water partition coefficient (Wildman–Crippen LogP) is 8.14. The van der Waals surface area contributed by atoms with Gasteiger partial charge in [0.2, 0.25) is 0 Å². The lowest BCUT2D eigenvalue weighted by atomic mass is 9.99. The molecule has 0 amide bonds. The summed E-state index contributed by atoms with van der Waals surface area (Å²) in [5.41, 5.74) is 2.72. The quantitative estimate of drug-likeness (QED) is 0.254. The van der Waals surface area contributed by atoms with E-state index in [1.807, 2.05) is 22.7 Å². The Morgan fingerprint density at radius 1 is 0.710 bits per heavy atom. The van der Waals surface area contributed by atoms with E-state index in [1.54, 1.807) is 0 Å². The van der Waals surface area contributed by atoms with Crippen LogP contribution in [0.15, 0.2) is 72.1 Å². The molecule has 4 aromatic carbocycles. The molecule has 0 unspecified atom stereocenters. The van der Waals surface area contributed by atoms with Gasteiger partial charge in [0.1, 0.15) is 5.75 Å². The van der Waals surface area contributed by atoms with Gasteiger partial charge in [-0.1, -0.05) is 24.3 Å². The zero-order chi connectivity index (χ0) is 20.4. The molecule has 7 rings (SSSR count). The topological polar surface area (TPSA) is 9.23 Å². The molecular formula is C28H20OS2. The number of hydrogen-bond acceptors (Lipinski definition) is 3. The van der Waals surface area contributed by atoms with Gasteiger partial charge in [0.25, 0.3) is 0 Å². The van der Waals surface area contributed by atoms with Gasteiger partial charge in [-0.15, -0.1) is 22.7 Å². The highest BCUT2D eigenvalue weighted by atomic mass is 32.1. The van der Waals surface area contributed by atoms with Crippen LogP contribution in [0.5, 0.6) is 5.75 Å². The average molecular weight is 437 g/mol. The second kappa shape index (κ2) is 6.81. The summed E-state index contributed by atoms with van der Waals surface area (Å²) in [5.74, 6) is 1.09. The van der Waals surface area contributed by atoms with Gasteiger partial charge in [-0.2, -0.15) is 0 Å². The van der Waals surface area contributed by atoms with E-state index in [9.17, 15) is 0 Å². The molecule has 0 aliphatic carbocycles. The minimum absolute atomic E-state index is 0.828. The molecule has 3 heteroatoms. The van der Waals surface area contributed by atoms with Crippen LogP contribution in [-0.4, -0.2) is 6.61 Å². The molecule has 1 aliphatic rings. The Labute approximate surface area is 188 Å². The van der Waals surface area contributed by atoms with Gasteiger partial charge in [0, 0.05) is 31.5 Å². The first-order valence-corrected chi connectivity index (χ1v) is 12.5. The summed E-state index contributed by atoms with van der Waals surface area (Å²) >= 11 is 3.75. The Morgan fingerprint density at radius 3 is 2.45 bits per heavy atom. The Bertz CT molecular complexity index is 1620. The first kappa shape index (κ1) is 17.8. The lowest BCUT2D eigenvalue weighted by molar-refractivity contribution is 0.356. The number of aryl methyl sites for hydroxylation is 2. The van der Waals surface area contributed by atoms with E-state index in [1.165, 1.54) is 57.7 Å². The molecule has 0 fully saturated rings. The molecule has 0 spiro atoms. The summed E-state index contributed by atoms with van der Waals surface area (Å²) < 4.78 is 8.50. The first-order chi connectivity index (χ1) is 15.3. The molecule has 0 N–H and O–H groups in total. The number of rotatable bonds is 3. The number of fused-ring (bicyclic) bond motifs is 7. The van der Waals surface area contributed by atoms with Gasteiger partial charge in [0.15, 0.2) is 0 Å². The standard InChI is InChI=1S/C28H20OS2/c1-3-18-9-11-29-26(18)13-17(1)2-6-21-16-25-24-15-19-4-7-27-22(10-12-30-27)23(19)14-20(24)5-8-28(25)31-21/h1,3-5,7-8,10,12-16H,2,6,9,11H2. The first-order valence-electron chi connectivity index (χ1n) is 10.8. The fourth-order valence-electron chi connectivity index (χ4n) is 4.93. The van der Waals surface area contributed by atoms with Crippen LogP contribution in [0.4, 0.5) is 0 Å². The van der Waals surface area contributed by atoms with Crippen molar-refractivity contribution in [2.24, 2.45) is 0 Å². The summed E-state index contributed by atoms with van der Waals surface area (Å²) in [6, 6.07) is 25.3. The van der Waals surface area contributed by atoms with Crippen LogP contribution >= 0.6 is 22.7 Å². The van der Waals surface area contributed by atoms with E-state index in [0.29, 0.717) is 0 Å². The Morgan fingerprint density at radius 2 is 1.55 bits per heavy atom. The van der Waals surface area contributed by atoms with Crippen molar-refractivity contribution in [1.82, 2.24) is 0 Å². The summed E-state index contributed by atoms with van der Waals surface area (Å²) in [6.07, 6.45) is 3.18. The minimum atomic E-state index is 0.828. The van der Waals surface area contributed by atoms with E-state index in [0.717, 1.165) is 31.6 Å². The summed E-state index contributed by atoms with van der Waals surface area (Å²) in [6.45, 7) is 0.828. The van der Waals surface area contributed by atoms with Crippen molar-refractivity contribution < 1.29 is 4.74 Å². The number of ether oxygens (including phenoxy) is 1. The molecule has 0 radical (unpaired) electrons. The fourth-order valence-corrected chi connectivity index (χ4v) is 6.81. The van der Waals surface area contributed by atoms with Crippen LogP contribution in [0.3, 0.4) is 0 Å². The van der Waals surface area contributed by atoms with Crippen molar-refractivity contribution >= 4 is 64.4 Å². The molecule has 0 bridgehead atoms. The zero-order valence-electron chi connectivity index (χ0n) is 17.0. The third-order valence-corrected chi connectivity index (χ3v) is 8.60. The molecule has 1 nitrogen and oxygen atoms in total. The molecule has 31 heavy (non-hydrogen) atoms. The van der Waals surface area contributed by atoms with Gasteiger partial charge >= 0.3 is 0 Å².